The Hall–Kier alpha value is -2.37. The number of allylic oxidation sites excluding steroid dienone is 2. The second-order valence-electron chi connectivity index (χ2n) is 9.85. The Morgan fingerprint density at radius 1 is 0.931 bits per heavy atom. The van der Waals surface area contributed by atoms with Gasteiger partial charge in [-0.2, -0.15) is 0 Å². The number of Topliss-reactive ketones (excluding diaryl/α,β-unsaturated/α-hetero) is 3. The van der Waals surface area contributed by atoms with E-state index < -0.39 is 51.6 Å². The van der Waals surface area contributed by atoms with E-state index in [2.05, 4.69) is 0 Å². The third kappa shape index (κ3) is 4.02. The highest BCUT2D eigenvalue weighted by atomic mass is 19.2. The molecule has 1 fully saturated rings. The van der Waals surface area contributed by atoms with Crippen LogP contribution in [0.1, 0.15) is 64.9 Å². The molecule has 3 rings (SSSR count). The highest BCUT2D eigenvalue weighted by Gasteiger charge is 2.49. The summed E-state index contributed by atoms with van der Waals surface area (Å²) >= 11 is 0. The van der Waals surface area contributed by atoms with Crippen LogP contribution in [0.5, 0.6) is 0 Å². The molecule has 1 saturated carbocycles. The van der Waals surface area contributed by atoms with Gasteiger partial charge in [0.05, 0.1) is 5.92 Å². The number of benzene rings is 1. The van der Waals surface area contributed by atoms with Crippen molar-refractivity contribution in [3.05, 3.63) is 46.7 Å². The number of halogens is 2. The van der Waals surface area contributed by atoms with E-state index in [0.29, 0.717) is 0 Å². The molecule has 0 heterocycles. The monoisotopic (exact) mass is 404 g/mol. The third-order valence-corrected chi connectivity index (χ3v) is 5.86. The van der Waals surface area contributed by atoms with Gasteiger partial charge in [-0.3, -0.25) is 14.4 Å². The van der Waals surface area contributed by atoms with Gasteiger partial charge >= 0.3 is 0 Å². The van der Waals surface area contributed by atoms with Gasteiger partial charge in [0.15, 0.2) is 17.4 Å². The highest BCUT2D eigenvalue weighted by Crippen LogP contribution is 2.48. The number of aliphatic hydroxyl groups excluding tert-OH is 1. The van der Waals surface area contributed by atoms with Crippen LogP contribution in [-0.2, 0) is 14.4 Å². The Kier molecular flexibility index (Phi) is 5.26. The lowest BCUT2D eigenvalue weighted by atomic mass is 9.62. The molecule has 0 amide bonds. The lowest BCUT2D eigenvalue weighted by Gasteiger charge is -2.39. The van der Waals surface area contributed by atoms with Crippen LogP contribution < -0.4 is 0 Å². The summed E-state index contributed by atoms with van der Waals surface area (Å²) in [6.45, 7) is 7.22. The quantitative estimate of drug-likeness (QED) is 0.733. The first-order chi connectivity index (χ1) is 13.3. The van der Waals surface area contributed by atoms with Crippen molar-refractivity contribution in [2.24, 2.45) is 16.7 Å². The Morgan fingerprint density at radius 2 is 1.48 bits per heavy atom. The van der Waals surface area contributed by atoms with E-state index in [1.54, 1.807) is 13.8 Å². The van der Waals surface area contributed by atoms with Crippen molar-refractivity contribution in [2.45, 2.75) is 59.3 Å². The van der Waals surface area contributed by atoms with Crippen LogP contribution in [0, 0.1) is 28.4 Å². The zero-order valence-electron chi connectivity index (χ0n) is 17.1. The van der Waals surface area contributed by atoms with Crippen LogP contribution in [0.3, 0.4) is 0 Å². The first-order valence-electron chi connectivity index (χ1n) is 9.77. The first-order valence-corrected chi connectivity index (χ1v) is 9.77. The van der Waals surface area contributed by atoms with Crippen LogP contribution >= 0.6 is 0 Å². The molecule has 1 unspecified atom stereocenters. The SMILES string of the molecule is CC1(C)CC(=O)C(C(C2=C(O)CC(C)(C)CC2=O)c2cccc(F)c2F)C(=O)C1. The summed E-state index contributed by atoms with van der Waals surface area (Å²) in [5, 5.41) is 10.7. The van der Waals surface area contributed by atoms with Crippen molar-refractivity contribution in [3.63, 3.8) is 0 Å². The molecule has 4 nitrogen and oxygen atoms in total. The van der Waals surface area contributed by atoms with Crippen LogP contribution in [-0.4, -0.2) is 22.5 Å². The Morgan fingerprint density at radius 3 is 2.03 bits per heavy atom. The highest BCUT2D eigenvalue weighted by molar-refractivity contribution is 6.09. The van der Waals surface area contributed by atoms with Crippen molar-refractivity contribution in [1.29, 1.82) is 0 Å². The van der Waals surface area contributed by atoms with E-state index in [-0.39, 0.29) is 42.6 Å². The van der Waals surface area contributed by atoms with Gasteiger partial charge in [-0.15, -0.1) is 0 Å². The lowest BCUT2D eigenvalue weighted by Crippen LogP contribution is -2.43. The summed E-state index contributed by atoms with van der Waals surface area (Å²) in [4.78, 5) is 38.9. The summed E-state index contributed by atoms with van der Waals surface area (Å²) in [5.41, 5.74) is -1.42. The maximum absolute atomic E-state index is 14.8. The molecule has 2 aliphatic carbocycles. The Bertz CT molecular complexity index is 907. The molecule has 0 spiro atoms. The minimum absolute atomic E-state index is 0.0838. The lowest BCUT2D eigenvalue weighted by molar-refractivity contribution is -0.140. The zero-order chi connectivity index (χ0) is 21.7. The Balaban J connectivity index is 2.22. The van der Waals surface area contributed by atoms with E-state index in [1.807, 2.05) is 13.8 Å². The van der Waals surface area contributed by atoms with Gasteiger partial charge in [0, 0.05) is 37.2 Å². The number of aliphatic hydroxyl groups is 1. The van der Waals surface area contributed by atoms with E-state index in [9.17, 15) is 28.3 Å². The molecule has 6 heteroatoms. The zero-order valence-corrected chi connectivity index (χ0v) is 17.1. The fourth-order valence-electron chi connectivity index (χ4n) is 4.69. The van der Waals surface area contributed by atoms with Crippen LogP contribution in [0.25, 0.3) is 0 Å². The minimum atomic E-state index is -1.33. The van der Waals surface area contributed by atoms with E-state index in [1.165, 1.54) is 12.1 Å². The number of carbonyl (C=O) groups excluding carboxylic acids is 3. The summed E-state index contributed by atoms with van der Waals surface area (Å²) < 4.78 is 28.8. The molecule has 1 aromatic carbocycles. The molecule has 0 aliphatic heterocycles. The smallest absolute Gasteiger partial charge is 0.163 e. The average molecular weight is 404 g/mol. The molecular formula is C23H26F2O4. The van der Waals surface area contributed by atoms with Crippen LogP contribution in [0.2, 0.25) is 0 Å². The second-order valence-corrected chi connectivity index (χ2v) is 9.85. The third-order valence-electron chi connectivity index (χ3n) is 5.86. The first kappa shape index (κ1) is 21.3. The van der Waals surface area contributed by atoms with Gasteiger partial charge in [0.2, 0.25) is 0 Å². The van der Waals surface area contributed by atoms with E-state index in [0.717, 1.165) is 6.07 Å². The molecule has 29 heavy (non-hydrogen) atoms. The molecule has 1 aromatic rings. The molecule has 2 aliphatic rings. The summed E-state index contributed by atoms with van der Waals surface area (Å²) in [6.07, 6.45) is 0.414. The topological polar surface area (TPSA) is 71.4 Å². The van der Waals surface area contributed by atoms with Gasteiger partial charge in [-0.05, 0) is 22.5 Å². The largest absolute Gasteiger partial charge is 0.512 e. The van der Waals surface area contributed by atoms with Crippen molar-refractivity contribution < 1.29 is 28.3 Å². The van der Waals surface area contributed by atoms with Gasteiger partial charge in [-0.1, -0.05) is 39.8 Å². The fraction of sp³-hybridized carbons (Fsp3) is 0.522. The summed E-state index contributed by atoms with van der Waals surface area (Å²) in [6, 6.07) is 3.48. The van der Waals surface area contributed by atoms with Gasteiger partial charge < -0.3 is 5.11 Å². The van der Waals surface area contributed by atoms with Crippen molar-refractivity contribution in [1.82, 2.24) is 0 Å². The molecule has 0 saturated heterocycles. The number of rotatable bonds is 3. The second kappa shape index (κ2) is 7.15. The normalized spacial score (nSPS) is 23.4. The van der Waals surface area contributed by atoms with E-state index in [4.69, 9.17) is 0 Å². The van der Waals surface area contributed by atoms with Gasteiger partial charge in [0.25, 0.3) is 0 Å². The molecule has 156 valence electrons. The molecule has 0 aromatic heterocycles. The maximum atomic E-state index is 14.8. The molecule has 0 radical (unpaired) electrons. The summed E-state index contributed by atoms with van der Waals surface area (Å²) in [7, 11) is 0. The molecular weight excluding hydrogens is 378 g/mol. The van der Waals surface area contributed by atoms with Crippen LogP contribution in [0.4, 0.5) is 8.78 Å². The molecule has 1 N–H and O–H groups in total. The minimum Gasteiger partial charge on any atom is -0.512 e. The van der Waals surface area contributed by atoms with Gasteiger partial charge in [0.1, 0.15) is 17.3 Å². The number of hydrogen-bond acceptors (Lipinski definition) is 4. The fourth-order valence-corrected chi connectivity index (χ4v) is 4.69. The number of ketones is 3. The number of carbonyl (C=O) groups is 3. The molecule has 1 atom stereocenters. The van der Waals surface area contributed by atoms with E-state index >= 15 is 0 Å². The van der Waals surface area contributed by atoms with Crippen molar-refractivity contribution in [2.75, 3.05) is 0 Å². The summed E-state index contributed by atoms with van der Waals surface area (Å²) in [5.74, 6) is -6.53. The molecule has 0 bridgehead atoms. The maximum Gasteiger partial charge on any atom is 0.163 e. The van der Waals surface area contributed by atoms with Crippen molar-refractivity contribution in [3.8, 4) is 0 Å². The standard InChI is InChI=1S/C23H26F2O4/c1-22(2)8-14(26)19(15(27)9-22)18(12-6-5-7-13(24)21(12)25)20-16(28)10-23(3,4)11-17(20)29/h5-7,18-19,28H,8-11H2,1-4H3. The average Bonchev–Trinajstić information content (AvgIpc) is 2.52. The van der Waals surface area contributed by atoms with Crippen LogP contribution in [0.15, 0.2) is 29.5 Å². The Labute approximate surface area is 169 Å². The predicted molar refractivity (Wildman–Crippen MR) is 103 cm³/mol. The number of hydrogen-bond donors (Lipinski definition) is 1. The van der Waals surface area contributed by atoms with Gasteiger partial charge in [-0.25, -0.2) is 8.78 Å². The predicted octanol–water partition coefficient (Wildman–Crippen LogP) is 4.82. The van der Waals surface area contributed by atoms with Crippen molar-refractivity contribution >= 4 is 17.3 Å².